The monoisotopic (exact) mass is 311 g/mol. The molecule has 0 radical (unpaired) electrons. The summed E-state index contributed by atoms with van der Waals surface area (Å²) in [5.74, 6) is 0.919. The molecule has 0 spiro atoms. The molecule has 0 unspecified atom stereocenters. The standard InChI is InChI=1S/C20H25NO2/c1-14-7-10-19(17(4)12-14)23-11-5-6-20(22)21-18-9-8-15(2)16(3)13-18/h7-10,12-13H,5-6,11H2,1-4H3,(H,21,22). The van der Waals surface area contributed by atoms with Gasteiger partial charge in [0.1, 0.15) is 5.75 Å². The molecule has 1 N–H and O–H groups in total. The number of carbonyl (C=O) groups excluding carboxylic acids is 1. The Bertz CT molecular complexity index is 692. The van der Waals surface area contributed by atoms with E-state index in [0.717, 1.165) is 17.0 Å². The van der Waals surface area contributed by atoms with Gasteiger partial charge in [-0.1, -0.05) is 23.8 Å². The molecule has 3 nitrogen and oxygen atoms in total. The lowest BCUT2D eigenvalue weighted by atomic mass is 10.1. The number of aryl methyl sites for hydroxylation is 4. The lowest BCUT2D eigenvalue weighted by Crippen LogP contribution is -2.13. The van der Waals surface area contributed by atoms with Crippen molar-refractivity contribution in [1.82, 2.24) is 0 Å². The van der Waals surface area contributed by atoms with Crippen LogP contribution in [0.3, 0.4) is 0 Å². The fraction of sp³-hybridized carbons (Fsp3) is 0.350. The van der Waals surface area contributed by atoms with Gasteiger partial charge in [-0.25, -0.2) is 0 Å². The molecule has 2 aromatic carbocycles. The highest BCUT2D eigenvalue weighted by Gasteiger charge is 2.05. The predicted octanol–water partition coefficient (Wildman–Crippen LogP) is 4.72. The number of amides is 1. The Kier molecular flexibility index (Phi) is 5.80. The Morgan fingerprint density at radius 1 is 0.957 bits per heavy atom. The maximum atomic E-state index is 12.0. The van der Waals surface area contributed by atoms with E-state index < -0.39 is 0 Å². The largest absolute Gasteiger partial charge is 0.493 e. The predicted molar refractivity (Wildman–Crippen MR) is 95.2 cm³/mol. The molecule has 0 heterocycles. The molecule has 0 saturated heterocycles. The number of hydrogen-bond acceptors (Lipinski definition) is 2. The van der Waals surface area contributed by atoms with Crippen LogP contribution < -0.4 is 10.1 Å². The van der Waals surface area contributed by atoms with E-state index in [1.165, 1.54) is 16.7 Å². The van der Waals surface area contributed by atoms with Crippen LogP contribution in [0.4, 0.5) is 5.69 Å². The van der Waals surface area contributed by atoms with Crippen molar-refractivity contribution in [2.45, 2.75) is 40.5 Å². The quantitative estimate of drug-likeness (QED) is 0.784. The number of nitrogens with one attached hydrogen (secondary N) is 1. The molecule has 3 heteroatoms. The van der Waals surface area contributed by atoms with Crippen molar-refractivity contribution >= 4 is 11.6 Å². The highest BCUT2D eigenvalue weighted by molar-refractivity contribution is 5.90. The molecule has 2 aromatic rings. The van der Waals surface area contributed by atoms with Gasteiger partial charge in [0.2, 0.25) is 5.91 Å². The van der Waals surface area contributed by atoms with Crippen LogP contribution in [0.1, 0.15) is 35.1 Å². The summed E-state index contributed by atoms with van der Waals surface area (Å²) >= 11 is 0. The molecular weight excluding hydrogens is 286 g/mol. The second-order valence-electron chi connectivity index (χ2n) is 6.07. The first-order valence-corrected chi connectivity index (χ1v) is 8.03. The Balaban J connectivity index is 1.75. The third kappa shape index (κ3) is 5.13. The van der Waals surface area contributed by atoms with Crippen molar-refractivity contribution in [3.63, 3.8) is 0 Å². The molecule has 1 amide bonds. The summed E-state index contributed by atoms with van der Waals surface area (Å²) < 4.78 is 5.75. The van der Waals surface area contributed by atoms with Crippen LogP contribution in [-0.2, 0) is 4.79 Å². The normalized spacial score (nSPS) is 10.4. The van der Waals surface area contributed by atoms with E-state index in [4.69, 9.17) is 4.74 Å². The molecular formula is C20H25NO2. The van der Waals surface area contributed by atoms with Gasteiger partial charge < -0.3 is 10.1 Å². The molecule has 23 heavy (non-hydrogen) atoms. The minimum atomic E-state index is 0.0254. The summed E-state index contributed by atoms with van der Waals surface area (Å²) in [7, 11) is 0. The van der Waals surface area contributed by atoms with Crippen LogP contribution in [0.25, 0.3) is 0 Å². The first-order chi connectivity index (χ1) is 11.0. The number of hydrogen-bond donors (Lipinski definition) is 1. The molecule has 0 aliphatic carbocycles. The minimum Gasteiger partial charge on any atom is -0.493 e. The lowest BCUT2D eigenvalue weighted by molar-refractivity contribution is -0.116. The molecule has 0 aromatic heterocycles. The molecule has 0 aliphatic heterocycles. The summed E-state index contributed by atoms with van der Waals surface area (Å²) in [6, 6.07) is 12.1. The molecule has 122 valence electrons. The van der Waals surface area contributed by atoms with Crippen LogP contribution in [-0.4, -0.2) is 12.5 Å². The van der Waals surface area contributed by atoms with Crippen molar-refractivity contribution in [3.8, 4) is 5.75 Å². The van der Waals surface area contributed by atoms with Gasteiger partial charge in [-0.15, -0.1) is 0 Å². The number of rotatable bonds is 6. The van der Waals surface area contributed by atoms with Gasteiger partial charge in [0.05, 0.1) is 6.61 Å². The Morgan fingerprint density at radius 3 is 2.43 bits per heavy atom. The number of benzene rings is 2. The van der Waals surface area contributed by atoms with Gasteiger partial charge in [-0.3, -0.25) is 4.79 Å². The first-order valence-electron chi connectivity index (χ1n) is 8.03. The summed E-state index contributed by atoms with van der Waals surface area (Å²) in [6.45, 7) is 8.75. The highest BCUT2D eigenvalue weighted by Crippen LogP contribution is 2.19. The zero-order valence-electron chi connectivity index (χ0n) is 14.4. The van der Waals surface area contributed by atoms with E-state index in [1.54, 1.807) is 0 Å². The van der Waals surface area contributed by atoms with E-state index in [9.17, 15) is 4.79 Å². The maximum absolute atomic E-state index is 12.0. The van der Waals surface area contributed by atoms with Crippen LogP contribution in [0.15, 0.2) is 36.4 Å². The first kappa shape index (κ1) is 17.1. The topological polar surface area (TPSA) is 38.3 Å². The number of anilines is 1. The van der Waals surface area contributed by atoms with Crippen molar-refractivity contribution in [1.29, 1.82) is 0 Å². The number of carbonyl (C=O) groups is 1. The van der Waals surface area contributed by atoms with Gasteiger partial charge in [-0.2, -0.15) is 0 Å². The molecule has 0 atom stereocenters. The Labute approximate surface area is 138 Å². The SMILES string of the molecule is Cc1ccc(OCCCC(=O)Nc2ccc(C)c(C)c2)c(C)c1. The summed E-state index contributed by atoms with van der Waals surface area (Å²) in [5.41, 5.74) is 5.62. The Hall–Kier alpha value is -2.29. The van der Waals surface area contributed by atoms with Gasteiger partial charge in [0, 0.05) is 12.1 Å². The van der Waals surface area contributed by atoms with Gasteiger partial charge >= 0.3 is 0 Å². The van der Waals surface area contributed by atoms with Crippen molar-refractivity contribution in [2.24, 2.45) is 0 Å². The smallest absolute Gasteiger partial charge is 0.224 e. The van der Waals surface area contributed by atoms with Crippen molar-refractivity contribution in [3.05, 3.63) is 58.7 Å². The van der Waals surface area contributed by atoms with Crippen LogP contribution >= 0.6 is 0 Å². The zero-order valence-corrected chi connectivity index (χ0v) is 14.4. The summed E-state index contributed by atoms with van der Waals surface area (Å²) in [5, 5.41) is 2.93. The molecule has 0 saturated carbocycles. The Morgan fingerprint density at radius 2 is 1.74 bits per heavy atom. The lowest BCUT2D eigenvalue weighted by Gasteiger charge is -2.10. The van der Waals surface area contributed by atoms with E-state index >= 15 is 0 Å². The van der Waals surface area contributed by atoms with E-state index in [0.29, 0.717) is 19.4 Å². The fourth-order valence-electron chi connectivity index (χ4n) is 2.42. The zero-order chi connectivity index (χ0) is 16.8. The third-order valence-corrected chi connectivity index (χ3v) is 3.93. The summed E-state index contributed by atoms with van der Waals surface area (Å²) in [6.07, 6.45) is 1.15. The van der Waals surface area contributed by atoms with Crippen LogP contribution in [0, 0.1) is 27.7 Å². The van der Waals surface area contributed by atoms with E-state index in [2.05, 4.69) is 25.2 Å². The minimum absolute atomic E-state index is 0.0254. The van der Waals surface area contributed by atoms with Crippen LogP contribution in [0.2, 0.25) is 0 Å². The third-order valence-electron chi connectivity index (χ3n) is 3.93. The fourth-order valence-corrected chi connectivity index (χ4v) is 2.42. The molecule has 0 bridgehead atoms. The van der Waals surface area contributed by atoms with Crippen molar-refractivity contribution < 1.29 is 9.53 Å². The van der Waals surface area contributed by atoms with E-state index in [-0.39, 0.29) is 5.91 Å². The van der Waals surface area contributed by atoms with Crippen LogP contribution in [0.5, 0.6) is 5.75 Å². The average molecular weight is 311 g/mol. The number of ether oxygens (including phenoxy) is 1. The second-order valence-corrected chi connectivity index (χ2v) is 6.07. The maximum Gasteiger partial charge on any atom is 0.224 e. The second kappa shape index (κ2) is 7.82. The van der Waals surface area contributed by atoms with Gasteiger partial charge in [-0.05, 0) is 69.0 Å². The summed E-state index contributed by atoms with van der Waals surface area (Å²) in [4.78, 5) is 12.0. The molecule has 0 aliphatic rings. The van der Waals surface area contributed by atoms with Gasteiger partial charge in [0.25, 0.3) is 0 Å². The molecule has 2 rings (SSSR count). The van der Waals surface area contributed by atoms with Crippen molar-refractivity contribution in [2.75, 3.05) is 11.9 Å². The van der Waals surface area contributed by atoms with E-state index in [1.807, 2.05) is 44.2 Å². The van der Waals surface area contributed by atoms with Gasteiger partial charge in [0.15, 0.2) is 0 Å². The molecule has 0 fully saturated rings. The highest BCUT2D eigenvalue weighted by atomic mass is 16.5. The average Bonchev–Trinajstić information content (AvgIpc) is 2.49.